The molecule has 0 saturated heterocycles. The van der Waals surface area contributed by atoms with Gasteiger partial charge in [-0.2, -0.15) is 0 Å². The molecule has 3 aromatic heterocycles. The number of carbonyl (C=O) groups excluding carboxylic acids is 1. The number of fused-ring (bicyclic) bond motifs is 1. The molecule has 34 heavy (non-hydrogen) atoms. The highest BCUT2D eigenvalue weighted by atomic mass is 16.3. The number of aromatic nitrogens is 2. The third kappa shape index (κ3) is 4.55. The molecule has 170 valence electrons. The molecule has 0 aliphatic rings. The average molecular weight is 452 g/mol. The smallest absolute Gasteiger partial charge is 0.251 e. The maximum atomic E-state index is 12.8. The molecule has 7 nitrogen and oxygen atoms in total. The summed E-state index contributed by atoms with van der Waals surface area (Å²) >= 11 is 0. The lowest BCUT2D eigenvalue weighted by atomic mass is 10.1. The zero-order valence-corrected chi connectivity index (χ0v) is 18.6. The van der Waals surface area contributed by atoms with Crippen molar-refractivity contribution in [1.29, 1.82) is 0 Å². The number of benzene rings is 2. The van der Waals surface area contributed by atoms with E-state index in [1.165, 1.54) is 0 Å². The first-order valence-electron chi connectivity index (χ1n) is 11.1. The van der Waals surface area contributed by atoms with Crippen molar-refractivity contribution >= 4 is 17.4 Å². The molecule has 7 heteroatoms. The van der Waals surface area contributed by atoms with E-state index >= 15 is 0 Å². The molecular weight excluding hydrogens is 426 g/mol. The number of nitrogens with zero attached hydrogens (tertiary/aromatic N) is 2. The number of pyridine rings is 1. The zero-order chi connectivity index (χ0) is 23.3. The first-order valence-corrected chi connectivity index (χ1v) is 11.1. The second-order valence-electron chi connectivity index (χ2n) is 7.98. The average Bonchev–Trinajstić information content (AvgIpc) is 3.54. The van der Waals surface area contributed by atoms with E-state index in [0.29, 0.717) is 42.3 Å². The summed E-state index contributed by atoms with van der Waals surface area (Å²) in [6, 6.07) is 25.3. The van der Waals surface area contributed by atoms with Crippen molar-refractivity contribution in [1.82, 2.24) is 14.7 Å². The fraction of sp³-hybridized carbons (Fsp3) is 0.111. The second-order valence-corrected chi connectivity index (χ2v) is 7.98. The van der Waals surface area contributed by atoms with Gasteiger partial charge in [0.25, 0.3) is 5.91 Å². The molecule has 0 unspecified atom stereocenters. The standard InChI is InChI=1S/C27H25N5O2/c28-16-20-8-4-9-21(14-20)18-30-27(33)22-11-12-32-24(15-22)31-25(23-10-5-13-34-23)26(32)29-17-19-6-2-1-3-7-19/h1-15,29H,16-18,28H2,(H,30,33). The molecule has 0 saturated carbocycles. The largest absolute Gasteiger partial charge is 0.463 e. The normalized spacial score (nSPS) is 11.0. The van der Waals surface area contributed by atoms with Gasteiger partial charge in [-0.3, -0.25) is 9.20 Å². The topological polar surface area (TPSA) is 97.6 Å². The van der Waals surface area contributed by atoms with Crippen molar-refractivity contribution in [2.24, 2.45) is 5.73 Å². The summed E-state index contributed by atoms with van der Waals surface area (Å²) in [6.45, 7) is 1.53. The highest BCUT2D eigenvalue weighted by Crippen LogP contribution is 2.30. The van der Waals surface area contributed by atoms with Crippen molar-refractivity contribution in [3.05, 3.63) is 114 Å². The molecule has 0 radical (unpaired) electrons. The van der Waals surface area contributed by atoms with Crippen LogP contribution in [-0.4, -0.2) is 15.3 Å². The Morgan fingerprint density at radius 3 is 2.53 bits per heavy atom. The molecule has 4 N–H and O–H groups in total. The summed E-state index contributed by atoms with van der Waals surface area (Å²) in [5, 5.41) is 6.45. The van der Waals surface area contributed by atoms with E-state index in [1.54, 1.807) is 18.4 Å². The summed E-state index contributed by atoms with van der Waals surface area (Å²) in [5.74, 6) is 1.30. The predicted octanol–water partition coefficient (Wildman–Crippen LogP) is 4.60. The quantitative estimate of drug-likeness (QED) is 0.320. The van der Waals surface area contributed by atoms with E-state index < -0.39 is 0 Å². The molecule has 0 aliphatic carbocycles. The van der Waals surface area contributed by atoms with Crippen LogP contribution in [0.25, 0.3) is 17.1 Å². The summed E-state index contributed by atoms with van der Waals surface area (Å²) in [4.78, 5) is 17.6. The van der Waals surface area contributed by atoms with Gasteiger partial charge in [0.15, 0.2) is 5.76 Å². The number of anilines is 1. The van der Waals surface area contributed by atoms with Crippen LogP contribution in [0.1, 0.15) is 27.0 Å². The Bertz CT molecular complexity index is 1410. The second kappa shape index (κ2) is 9.64. The molecule has 1 amide bonds. The first kappa shape index (κ1) is 21.5. The van der Waals surface area contributed by atoms with Gasteiger partial charge in [0.2, 0.25) is 0 Å². The number of hydrogen-bond donors (Lipinski definition) is 3. The van der Waals surface area contributed by atoms with Crippen molar-refractivity contribution in [2.45, 2.75) is 19.6 Å². The minimum atomic E-state index is -0.165. The zero-order valence-electron chi connectivity index (χ0n) is 18.6. The monoisotopic (exact) mass is 451 g/mol. The number of furan rings is 1. The van der Waals surface area contributed by atoms with Crippen LogP contribution in [-0.2, 0) is 19.6 Å². The molecule has 0 spiro atoms. The predicted molar refractivity (Wildman–Crippen MR) is 132 cm³/mol. The van der Waals surface area contributed by atoms with E-state index in [-0.39, 0.29) is 5.91 Å². The van der Waals surface area contributed by atoms with Gasteiger partial charge >= 0.3 is 0 Å². The maximum Gasteiger partial charge on any atom is 0.251 e. The minimum absolute atomic E-state index is 0.165. The van der Waals surface area contributed by atoms with Gasteiger partial charge in [-0.1, -0.05) is 54.6 Å². The molecule has 0 atom stereocenters. The lowest BCUT2D eigenvalue weighted by molar-refractivity contribution is 0.0951. The lowest BCUT2D eigenvalue weighted by Gasteiger charge is -2.09. The number of nitrogens with one attached hydrogen (secondary N) is 2. The van der Waals surface area contributed by atoms with Crippen LogP contribution in [0.4, 0.5) is 5.82 Å². The molecule has 2 aromatic carbocycles. The minimum Gasteiger partial charge on any atom is -0.463 e. The Balaban J connectivity index is 1.40. The van der Waals surface area contributed by atoms with Crippen LogP contribution in [0.2, 0.25) is 0 Å². The third-order valence-electron chi connectivity index (χ3n) is 5.63. The molecule has 0 fully saturated rings. The summed E-state index contributed by atoms with van der Waals surface area (Å²) in [7, 11) is 0. The van der Waals surface area contributed by atoms with Crippen LogP contribution in [0.15, 0.2) is 95.7 Å². The number of carbonyl (C=O) groups is 1. The van der Waals surface area contributed by atoms with Crippen molar-refractivity contribution in [2.75, 3.05) is 5.32 Å². The van der Waals surface area contributed by atoms with Crippen LogP contribution in [0.3, 0.4) is 0 Å². The maximum absolute atomic E-state index is 12.8. The van der Waals surface area contributed by atoms with Gasteiger partial charge in [-0.25, -0.2) is 4.98 Å². The SMILES string of the molecule is NCc1cccc(CNC(=O)c2ccn3c(NCc4ccccc4)c(-c4ccco4)nc3c2)c1. The Kier molecular flexibility index (Phi) is 6.09. The van der Waals surface area contributed by atoms with Gasteiger partial charge in [0.1, 0.15) is 17.2 Å². The Labute approximate surface area is 197 Å². The van der Waals surface area contributed by atoms with Crippen molar-refractivity contribution < 1.29 is 9.21 Å². The van der Waals surface area contributed by atoms with Gasteiger partial charge in [0, 0.05) is 31.4 Å². The van der Waals surface area contributed by atoms with Crippen LogP contribution in [0.5, 0.6) is 0 Å². The third-order valence-corrected chi connectivity index (χ3v) is 5.63. The molecular formula is C27H25N5O2. The van der Waals surface area contributed by atoms with Gasteiger partial charge < -0.3 is 20.8 Å². The van der Waals surface area contributed by atoms with Crippen LogP contribution < -0.4 is 16.4 Å². The number of rotatable bonds is 8. The van der Waals surface area contributed by atoms with E-state index in [0.717, 1.165) is 22.5 Å². The number of hydrogen-bond acceptors (Lipinski definition) is 5. The van der Waals surface area contributed by atoms with E-state index in [9.17, 15) is 4.79 Å². The lowest BCUT2D eigenvalue weighted by Crippen LogP contribution is -2.23. The Hall–Kier alpha value is -4.36. The molecule has 3 heterocycles. The number of nitrogens with two attached hydrogens (primary N) is 1. The van der Waals surface area contributed by atoms with Gasteiger partial charge in [-0.05, 0) is 41.0 Å². The fourth-order valence-electron chi connectivity index (χ4n) is 3.87. The molecule has 5 aromatic rings. The first-order chi connectivity index (χ1) is 16.7. The summed E-state index contributed by atoms with van der Waals surface area (Å²) < 4.78 is 7.55. The molecule has 5 rings (SSSR count). The van der Waals surface area contributed by atoms with E-state index in [2.05, 4.69) is 22.8 Å². The van der Waals surface area contributed by atoms with Crippen LogP contribution in [0, 0.1) is 0 Å². The number of imidazole rings is 1. The highest BCUT2D eigenvalue weighted by Gasteiger charge is 2.17. The molecule has 0 bridgehead atoms. The highest BCUT2D eigenvalue weighted by molar-refractivity contribution is 5.95. The Morgan fingerprint density at radius 2 is 1.74 bits per heavy atom. The van der Waals surface area contributed by atoms with Gasteiger partial charge in [0.05, 0.1) is 6.26 Å². The van der Waals surface area contributed by atoms with Gasteiger partial charge in [-0.15, -0.1) is 0 Å². The molecule has 0 aliphatic heterocycles. The van der Waals surface area contributed by atoms with Crippen molar-refractivity contribution in [3.63, 3.8) is 0 Å². The summed E-state index contributed by atoms with van der Waals surface area (Å²) in [6.07, 6.45) is 3.48. The Morgan fingerprint density at radius 1 is 0.912 bits per heavy atom. The number of amides is 1. The fourth-order valence-corrected chi connectivity index (χ4v) is 3.87. The van der Waals surface area contributed by atoms with Crippen molar-refractivity contribution in [3.8, 4) is 11.5 Å². The van der Waals surface area contributed by atoms with E-state index in [4.69, 9.17) is 15.1 Å². The van der Waals surface area contributed by atoms with Crippen LogP contribution >= 0.6 is 0 Å². The summed E-state index contributed by atoms with van der Waals surface area (Å²) in [5.41, 5.74) is 10.8. The van der Waals surface area contributed by atoms with E-state index in [1.807, 2.05) is 65.2 Å².